The van der Waals surface area contributed by atoms with Gasteiger partial charge < -0.3 is 10.6 Å². The number of fused-ring (bicyclic) bond motifs is 1. The van der Waals surface area contributed by atoms with Crippen molar-refractivity contribution in [2.24, 2.45) is 5.73 Å². The summed E-state index contributed by atoms with van der Waals surface area (Å²) in [5.41, 5.74) is 10.0. The number of rotatable bonds is 3. The van der Waals surface area contributed by atoms with Gasteiger partial charge in [0.25, 0.3) is 0 Å². The number of aryl methyl sites for hydroxylation is 1. The van der Waals surface area contributed by atoms with E-state index in [9.17, 15) is 0 Å². The molecule has 2 nitrogen and oxygen atoms in total. The van der Waals surface area contributed by atoms with Crippen LogP contribution >= 0.6 is 0 Å². The zero-order chi connectivity index (χ0) is 10.8. The highest BCUT2D eigenvalue weighted by Gasteiger charge is 2.24. The fourth-order valence-electron chi connectivity index (χ4n) is 2.38. The van der Waals surface area contributed by atoms with Crippen molar-refractivity contribution in [3.8, 4) is 0 Å². The Labute approximate surface area is 92.1 Å². The van der Waals surface area contributed by atoms with Crippen LogP contribution in [0.25, 0.3) is 0 Å². The molecule has 1 aliphatic heterocycles. The second-order valence-electron chi connectivity index (χ2n) is 4.47. The Bertz CT molecular complexity index is 346. The fourth-order valence-corrected chi connectivity index (χ4v) is 2.38. The number of nitrogens with zero attached hydrogens (tertiary/aromatic N) is 1. The van der Waals surface area contributed by atoms with Crippen molar-refractivity contribution in [3.63, 3.8) is 0 Å². The van der Waals surface area contributed by atoms with Gasteiger partial charge in [-0.05, 0) is 49.9 Å². The molecule has 0 radical (unpaired) electrons. The van der Waals surface area contributed by atoms with Crippen molar-refractivity contribution in [1.29, 1.82) is 0 Å². The Balaban J connectivity index is 2.28. The number of likely N-dealkylation sites (N-methyl/N-ethyl adjacent to an activating group) is 1. The van der Waals surface area contributed by atoms with Gasteiger partial charge in [0.15, 0.2) is 0 Å². The summed E-state index contributed by atoms with van der Waals surface area (Å²) < 4.78 is 0. The number of hydrogen-bond donors (Lipinski definition) is 1. The molecule has 0 amide bonds. The monoisotopic (exact) mass is 204 g/mol. The topological polar surface area (TPSA) is 29.3 Å². The summed E-state index contributed by atoms with van der Waals surface area (Å²) in [6.45, 7) is 3.07. The first-order chi connectivity index (χ1) is 7.24. The lowest BCUT2D eigenvalue weighted by Gasteiger charge is -2.18. The second-order valence-corrected chi connectivity index (χ2v) is 4.47. The molecule has 0 aromatic heterocycles. The van der Waals surface area contributed by atoms with Crippen molar-refractivity contribution in [2.75, 3.05) is 18.5 Å². The van der Waals surface area contributed by atoms with Gasteiger partial charge in [0, 0.05) is 18.8 Å². The highest BCUT2D eigenvalue weighted by Crippen LogP contribution is 2.33. The molecule has 0 aliphatic carbocycles. The van der Waals surface area contributed by atoms with Gasteiger partial charge in [0.2, 0.25) is 0 Å². The second kappa shape index (κ2) is 4.23. The summed E-state index contributed by atoms with van der Waals surface area (Å²) in [6.07, 6.45) is 3.40. The Morgan fingerprint density at radius 2 is 2.27 bits per heavy atom. The molecule has 0 saturated carbocycles. The van der Waals surface area contributed by atoms with E-state index in [4.69, 9.17) is 5.73 Å². The van der Waals surface area contributed by atoms with E-state index in [2.05, 4.69) is 37.1 Å². The number of nitrogens with two attached hydrogens (primary N) is 1. The average Bonchev–Trinajstić information content (AvgIpc) is 2.53. The van der Waals surface area contributed by atoms with E-state index >= 15 is 0 Å². The summed E-state index contributed by atoms with van der Waals surface area (Å²) in [5, 5.41) is 0. The summed E-state index contributed by atoms with van der Waals surface area (Å²) >= 11 is 0. The molecule has 2 heteroatoms. The van der Waals surface area contributed by atoms with Gasteiger partial charge in [-0.1, -0.05) is 12.1 Å². The van der Waals surface area contributed by atoms with Gasteiger partial charge in [-0.15, -0.1) is 0 Å². The largest absolute Gasteiger partial charge is 0.371 e. The Morgan fingerprint density at radius 1 is 1.47 bits per heavy atom. The van der Waals surface area contributed by atoms with Crippen molar-refractivity contribution >= 4 is 5.69 Å². The predicted octanol–water partition coefficient (Wildman–Crippen LogP) is 1.96. The van der Waals surface area contributed by atoms with Crippen LogP contribution in [0.2, 0.25) is 0 Å². The fraction of sp³-hybridized carbons (Fsp3) is 0.538. The van der Waals surface area contributed by atoms with E-state index in [1.54, 1.807) is 5.56 Å². The smallest absolute Gasteiger partial charge is 0.0402 e. The molecule has 0 saturated heterocycles. The van der Waals surface area contributed by atoms with Crippen LogP contribution in [0.15, 0.2) is 18.2 Å². The zero-order valence-electron chi connectivity index (χ0n) is 9.66. The molecule has 0 spiro atoms. The third kappa shape index (κ3) is 1.86. The van der Waals surface area contributed by atoms with Gasteiger partial charge in [-0.3, -0.25) is 0 Å². The van der Waals surface area contributed by atoms with Gasteiger partial charge in [-0.2, -0.15) is 0 Å². The Morgan fingerprint density at radius 3 is 3.00 bits per heavy atom. The van der Waals surface area contributed by atoms with Crippen molar-refractivity contribution in [3.05, 3.63) is 29.3 Å². The quantitative estimate of drug-likeness (QED) is 0.815. The Hall–Kier alpha value is -1.02. The first-order valence-electron chi connectivity index (χ1n) is 5.77. The molecule has 0 fully saturated rings. The van der Waals surface area contributed by atoms with E-state index in [0.717, 1.165) is 19.4 Å². The Kier molecular flexibility index (Phi) is 2.96. The van der Waals surface area contributed by atoms with Gasteiger partial charge in [-0.25, -0.2) is 0 Å². The lowest BCUT2D eigenvalue weighted by atomic mass is 9.99. The van der Waals surface area contributed by atoms with Crippen LogP contribution in [0.1, 0.15) is 24.5 Å². The van der Waals surface area contributed by atoms with Crippen molar-refractivity contribution < 1.29 is 0 Å². The van der Waals surface area contributed by atoms with E-state index in [-0.39, 0.29) is 0 Å². The third-order valence-corrected chi connectivity index (χ3v) is 3.44. The molecule has 1 heterocycles. The molecule has 1 aromatic rings. The first kappa shape index (κ1) is 10.5. The maximum absolute atomic E-state index is 5.57. The molecule has 1 aliphatic rings. The van der Waals surface area contributed by atoms with Crippen molar-refractivity contribution in [1.82, 2.24) is 0 Å². The summed E-state index contributed by atoms with van der Waals surface area (Å²) in [7, 11) is 2.18. The maximum Gasteiger partial charge on any atom is 0.0402 e. The van der Waals surface area contributed by atoms with E-state index in [0.29, 0.717) is 6.04 Å². The standard InChI is InChI=1S/C13H20N2/c1-10-9-12-11(6-4-8-14)5-3-7-13(12)15(10)2/h3,5,7,10H,4,6,8-9,14H2,1-2H3. The molecule has 15 heavy (non-hydrogen) atoms. The van der Waals surface area contributed by atoms with Crippen LogP contribution in [0.5, 0.6) is 0 Å². The van der Waals surface area contributed by atoms with Crippen LogP contribution < -0.4 is 10.6 Å². The normalized spacial score (nSPS) is 19.4. The van der Waals surface area contributed by atoms with Crippen LogP contribution in [-0.2, 0) is 12.8 Å². The summed E-state index contributed by atoms with van der Waals surface area (Å²) in [5.74, 6) is 0. The minimum atomic E-state index is 0.638. The molecular formula is C13H20N2. The molecule has 2 N–H and O–H groups in total. The molecule has 82 valence electrons. The van der Waals surface area contributed by atoms with E-state index < -0.39 is 0 Å². The molecular weight excluding hydrogens is 184 g/mol. The van der Waals surface area contributed by atoms with Crippen LogP contribution in [-0.4, -0.2) is 19.6 Å². The molecule has 1 unspecified atom stereocenters. The first-order valence-corrected chi connectivity index (χ1v) is 5.77. The molecule has 1 atom stereocenters. The SMILES string of the molecule is CC1Cc2c(CCCN)cccc2N1C. The number of hydrogen-bond acceptors (Lipinski definition) is 2. The third-order valence-electron chi connectivity index (χ3n) is 3.44. The lowest BCUT2D eigenvalue weighted by molar-refractivity contribution is 0.727. The molecule has 0 bridgehead atoms. The lowest BCUT2D eigenvalue weighted by Crippen LogP contribution is -2.23. The summed E-state index contributed by atoms with van der Waals surface area (Å²) in [6, 6.07) is 7.28. The van der Waals surface area contributed by atoms with Gasteiger partial charge in [0.1, 0.15) is 0 Å². The van der Waals surface area contributed by atoms with Crippen molar-refractivity contribution in [2.45, 2.75) is 32.2 Å². The molecule has 2 rings (SSSR count). The minimum absolute atomic E-state index is 0.638. The van der Waals surface area contributed by atoms with Crippen LogP contribution in [0, 0.1) is 0 Å². The van der Waals surface area contributed by atoms with Gasteiger partial charge >= 0.3 is 0 Å². The summed E-state index contributed by atoms with van der Waals surface area (Å²) in [4.78, 5) is 2.38. The minimum Gasteiger partial charge on any atom is -0.371 e. The van der Waals surface area contributed by atoms with Gasteiger partial charge in [0.05, 0.1) is 0 Å². The molecule has 1 aromatic carbocycles. The highest BCUT2D eigenvalue weighted by atomic mass is 15.1. The van der Waals surface area contributed by atoms with Crippen LogP contribution in [0.4, 0.5) is 5.69 Å². The maximum atomic E-state index is 5.57. The highest BCUT2D eigenvalue weighted by molar-refractivity contribution is 5.61. The van der Waals surface area contributed by atoms with Crippen LogP contribution in [0.3, 0.4) is 0 Å². The predicted molar refractivity (Wildman–Crippen MR) is 65.4 cm³/mol. The van der Waals surface area contributed by atoms with E-state index in [1.807, 2.05) is 0 Å². The average molecular weight is 204 g/mol. The van der Waals surface area contributed by atoms with E-state index in [1.165, 1.54) is 17.7 Å². The zero-order valence-corrected chi connectivity index (χ0v) is 9.66. The number of benzene rings is 1. The number of anilines is 1.